The van der Waals surface area contributed by atoms with Crippen LogP contribution in [0.1, 0.15) is 122 Å². The summed E-state index contributed by atoms with van der Waals surface area (Å²) in [6.45, 7) is 2.21. The van der Waals surface area contributed by atoms with E-state index in [4.69, 9.17) is 0 Å². The average Bonchev–Trinajstić information content (AvgIpc) is 3.12. The SMILES string of the molecule is CCCCCCCC(O)CCCCCCC(C(=O)O)C(O)C1CCC2CCCC2(O)C1. The third-order valence-electron chi connectivity index (χ3n) is 8.08. The summed E-state index contributed by atoms with van der Waals surface area (Å²) in [6.07, 6.45) is 16.2. The van der Waals surface area contributed by atoms with Gasteiger partial charge in [0.2, 0.25) is 0 Å². The van der Waals surface area contributed by atoms with Crippen molar-refractivity contribution < 1.29 is 25.2 Å². The van der Waals surface area contributed by atoms with Crippen LogP contribution in [0.5, 0.6) is 0 Å². The summed E-state index contributed by atoms with van der Waals surface area (Å²) in [6, 6.07) is 0. The van der Waals surface area contributed by atoms with Crippen LogP contribution in [0.2, 0.25) is 0 Å². The van der Waals surface area contributed by atoms with E-state index in [1.165, 1.54) is 25.7 Å². The van der Waals surface area contributed by atoms with Crippen LogP contribution in [0.3, 0.4) is 0 Å². The minimum absolute atomic E-state index is 0.104. The topological polar surface area (TPSA) is 98.0 Å². The van der Waals surface area contributed by atoms with Crippen molar-refractivity contribution in [1.82, 2.24) is 0 Å². The van der Waals surface area contributed by atoms with Crippen LogP contribution < -0.4 is 0 Å². The molecule has 2 rings (SSSR count). The van der Waals surface area contributed by atoms with Gasteiger partial charge >= 0.3 is 5.97 Å². The van der Waals surface area contributed by atoms with Gasteiger partial charge in [-0.2, -0.15) is 0 Å². The van der Waals surface area contributed by atoms with E-state index in [2.05, 4.69) is 6.92 Å². The van der Waals surface area contributed by atoms with E-state index < -0.39 is 23.6 Å². The van der Waals surface area contributed by atoms with Crippen molar-refractivity contribution >= 4 is 5.97 Å². The predicted octanol–water partition coefficient (Wildman–Crippen LogP) is 5.44. The summed E-state index contributed by atoms with van der Waals surface area (Å²) in [5, 5.41) is 41.5. The highest BCUT2D eigenvalue weighted by Gasteiger charge is 2.48. The molecule has 2 saturated carbocycles. The molecule has 5 nitrogen and oxygen atoms in total. The maximum atomic E-state index is 11.8. The first-order chi connectivity index (χ1) is 14.9. The maximum absolute atomic E-state index is 11.8. The van der Waals surface area contributed by atoms with Gasteiger partial charge in [0.05, 0.1) is 23.7 Å². The Morgan fingerprint density at radius 1 is 0.903 bits per heavy atom. The van der Waals surface area contributed by atoms with E-state index in [1.807, 2.05) is 0 Å². The van der Waals surface area contributed by atoms with Crippen molar-refractivity contribution in [2.75, 3.05) is 0 Å². The fraction of sp³-hybridized carbons (Fsp3) is 0.962. The van der Waals surface area contributed by atoms with E-state index in [-0.39, 0.29) is 12.0 Å². The number of rotatable bonds is 16. The zero-order chi connectivity index (χ0) is 22.7. The standard InChI is InChI=1S/C26H48O5/c1-2-3-4-5-8-13-22(27)14-9-6-7-10-15-23(25(29)30)24(28)20-16-17-21-12-11-18-26(21,31)19-20/h20-24,27-28,31H,2-19H2,1H3,(H,29,30). The van der Waals surface area contributed by atoms with Crippen LogP contribution >= 0.6 is 0 Å². The third kappa shape index (κ3) is 8.66. The van der Waals surface area contributed by atoms with Gasteiger partial charge in [-0.05, 0) is 63.2 Å². The number of aliphatic hydroxyl groups is 3. The lowest BCUT2D eigenvalue weighted by Crippen LogP contribution is -2.45. The van der Waals surface area contributed by atoms with Gasteiger partial charge in [-0.1, -0.05) is 71.1 Å². The molecule has 2 aliphatic rings. The predicted molar refractivity (Wildman–Crippen MR) is 124 cm³/mol. The van der Waals surface area contributed by atoms with E-state index in [1.54, 1.807) is 0 Å². The van der Waals surface area contributed by atoms with E-state index in [0.717, 1.165) is 77.0 Å². The second-order valence-electron chi connectivity index (χ2n) is 10.5. The van der Waals surface area contributed by atoms with Crippen LogP contribution in [-0.2, 0) is 4.79 Å². The summed E-state index contributed by atoms with van der Waals surface area (Å²) >= 11 is 0. The molecule has 0 spiro atoms. The molecule has 0 aromatic heterocycles. The fourth-order valence-corrected chi connectivity index (χ4v) is 6.07. The lowest BCUT2D eigenvalue weighted by atomic mass is 9.69. The largest absolute Gasteiger partial charge is 0.481 e. The first kappa shape index (κ1) is 26.6. The van der Waals surface area contributed by atoms with Gasteiger partial charge in [-0.15, -0.1) is 0 Å². The van der Waals surface area contributed by atoms with Crippen LogP contribution in [0.15, 0.2) is 0 Å². The van der Waals surface area contributed by atoms with Crippen molar-refractivity contribution in [2.45, 2.75) is 140 Å². The molecular formula is C26H48O5. The highest BCUT2D eigenvalue weighted by atomic mass is 16.4. The molecule has 0 amide bonds. The Hall–Kier alpha value is -0.650. The van der Waals surface area contributed by atoms with E-state index in [0.29, 0.717) is 18.8 Å². The van der Waals surface area contributed by atoms with Crippen molar-refractivity contribution in [3.8, 4) is 0 Å². The lowest BCUT2D eigenvalue weighted by Gasteiger charge is -2.42. The molecule has 4 N–H and O–H groups in total. The zero-order valence-corrected chi connectivity index (χ0v) is 19.8. The number of hydrogen-bond acceptors (Lipinski definition) is 4. The van der Waals surface area contributed by atoms with Crippen LogP contribution in [0.4, 0.5) is 0 Å². The Morgan fingerprint density at radius 2 is 1.52 bits per heavy atom. The zero-order valence-electron chi connectivity index (χ0n) is 19.8. The van der Waals surface area contributed by atoms with Gasteiger partial charge in [0, 0.05) is 0 Å². The van der Waals surface area contributed by atoms with Gasteiger partial charge < -0.3 is 20.4 Å². The highest BCUT2D eigenvalue weighted by Crippen LogP contribution is 2.49. The number of aliphatic carboxylic acids is 1. The first-order valence-corrected chi connectivity index (χ1v) is 13.2. The molecular weight excluding hydrogens is 392 g/mol. The Morgan fingerprint density at radius 3 is 2.13 bits per heavy atom. The molecule has 31 heavy (non-hydrogen) atoms. The minimum atomic E-state index is -0.911. The summed E-state index contributed by atoms with van der Waals surface area (Å²) in [7, 11) is 0. The molecule has 2 aliphatic carbocycles. The van der Waals surface area contributed by atoms with Gasteiger partial charge in [0.15, 0.2) is 0 Å². The summed E-state index contributed by atoms with van der Waals surface area (Å²) in [4.78, 5) is 11.8. The molecule has 0 saturated heterocycles. The molecule has 6 atom stereocenters. The second kappa shape index (κ2) is 13.8. The molecule has 182 valence electrons. The maximum Gasteiger partial charge on any atom is 0.309 e. The van der Waals surface area contributed by atoms with Crippen molar-refractivity contribution in [3.63, 3.8) is 0 Å². The van der Waals surface area contributed by atoms with Crippen molar-refractivity contribution in [1.29, 1.82) is 0 Å². The van der Waals surface area contributed by atoms with Gasteiger partial charge in [0.1, 0.15) is 0 Å². The number of carbonyl (C=O) groups is 1. The number of carboxylic acids is 1. The first-order valence-electron chi connectivity index (χ1n) is 13.2. The molecule has 2 fully saturated rings. The molecule has 0 heterocycles. The molecule has 0 radical (unpaired) electrons. The highest BCUT2D eigenvalue weighted by molar-refractivity contribution is 5.70. The number of carboxylic acid groups (broad SMARTS) is 1. The van der Waals surface area contributed by atoms with Crippen molar-refractivity contribution in [3.05, 3.63) is 0 Å². The third-order valence-corrected chi connectivity index (χ3v) is 8.08. The normalized spacial score (nSPS) is 28.8. The lowest BCUT2D eigenvalue weighted by molar-refractivity contribution is -0.150. The fourth-order valence-electron chi connectivity index (χ4n) is 6.07. The molecule has 0 bridgehead atoms. The summed E-state index contributed by atoms with van der Waals surface area (Å²) in [5.41, 5.74) is -0.677. The van der Waals surface area contributed by atoms with Gasteiger partial charge in [-0.3, -0.25) is 4.79 Å². The molecule has 0 aromatic rings. The molecule has 6 unspecified atom stereocenters. The molecule has 0 aliphatic heterocycles. The summed E-state index contributed by atoms with van der Waals surface area (Å²) in [5.74, 6) is -1.41. The number of hydrogen-bond donors (Lipinski definition) is 4. The monoisotopic (exact) mass is 440 g/mol. The number of fused-ring (bicyclic) bond motifs is 1. The summed E-state index contributed by atoms with van der Waals surface area (Å²) < 4.78 is 0. The second-order valence-corrected chi connectivity index (χ2v) is 10.5. The van der Waals surface area contributed by atoms with Crippen LogP contribution in [0, 0.1) is 17.8 Å². The van der Waals surface area contributed by atoms with Crippen molar-refractivity contribution in [2.24, 2.45) is 17.8 Å². The Kier molecular flexibility index (Phi) is 11.8. The minimum Gasteiger partial charge on any atom is -0.481 e. The van der Waals surface area contributed by atoms with E-state index in [9.17, 15) is 25.2 Å². The van der Waals surface area contributed by atoms with Gasteiger partial charge in [-0.25, -0.2) is 0 Å². The Bertz CT molecular complexity index is 510. The number of unbranched alkanes of at least 4 members (excludes halogenated alkanes) is 7. The quantitative estimate of drug-likeness (QED) is 0.240. The van der Waals surface area contributed by atoms with E-state index >= 15 is 0 Å². The number of aliphatic hydroxyl groups excluding tert-OH is 2. The Balaban J connectivity index is 1.61. The molecule has 5 heteroatoms. The average molecular weight is 441 g/mol. The Labute approximate surface area is 189 Å². The smallest absolute Gasteiger partial charge is 0.309 e. The van der Waals surface area contributed by atoms with Crippen LogP contribution in [0.25, 0.3) is 0 Å². The molecule has 0 aromatic carbocycles. The van der Waals surface area contributed by atoms with Gasteiger partial charge in [0.25, 0.3) is 0 Å². The van der Waals surface area contributed by atoms with Crippen LogP contribution in [-0.4, -0.2) is 44.2 Å².